The second-order valence-electron chi connectivity index (χ2n) is 4.71. The molecule has 1 aromatic rings. The van der Waals surface area contributed by atoms with E-state index in [4.69, 9.17) is 0 Å². The molecule has 1 atom stereocenters. The van der Waals surface area contributed by atoms with Gasteiger partial charge in [0, 0.05) is 30.3 Å². The zero-order valence-corrected chi connectivity index (χ0v) is 15.0. The molecule has 0 bridgehead atoms. The number of sulfonamides is 1. The van der Waals surface area contributed by atoms with Gasteiger partial charge in [-0.15, -0.1) is 11.3 Å². The standard InChI is InChI=1S/C13H24N2O2S3/c1-5-7-14-9-12-13(6-8-19-12)20(16,17)15(3)11(2)10-18-4/h6,8,11,14H,5,7,9-10H2,1-4H3. The Kier molecular flexibility index (Phi) is 7.53. The van der Waals surface area contributed by atoms with Gasteiger partial charge in [0.25, 0.3) is 0 Å². The van der Waals surface area contributed by atoms with Gasteiger partial charge >= 0.3 is 0 Å². The van der Waals surface area contributed by atoms with Crippen LogP contribution >= 0.6 is 23.1 Å². The zero-order chi connectivity index (χ0) is 15.2. The van der Waals surface area contributed by atoms with E-state index >= 15 is 0 Å². The Morgan fingerprint density at radius 2 is 2.20 bits per heavy atom. The van der Waals surface area contributed by atoms with E-state index in [1.54, 1.807) is 24.9 Å². The molecule has 0 spiro atoms. The summed E-state index contributed by atoms with van der Waals surface area (Å²) in [7, 11) is -1.73. The maximum atomic E-state index is 12.7. The number of rotatable bonds is 9. The third-order valence-electron chi connectivity index (χ3n) is 3.10. The van der Waals surface area contributed by atoms with Crippen LogP contribution in [0.25, 0.3) is 0 Å². The third kappa shape index (κ3) is 4.46. The molecule has 116 valence electrons. The first-order chi connectivity index (χ1) is 9.45. The maximum Gasteiger partial charge on any atom is 0.244 e. The molecule has 0 fully saturated rings. The number of hydrogen-bond donors (Lipinski definition) is 1. The molecule has 0 aromatic carbocycles. The molecule has 7 heteroatoms. The van der Waals surface area contributed by atoms with Crippen molar-refractivity contribution >= 4 is 33.1 Å². The number of hydrogen-bond acceptors (Lipinski definition) is 5. The molecular formula is C13H24N2O2S3. The van der Waals surface area contributed by atoms with Crippen LogP contribution in [-0.4, -0.2) is 44.4 Å². The molecule has 1 heterocycles. The van der Waals surface area contributed by atoms with Gasteiger partial charge in [0.1, 0.15) is 0 Å². The highest BCUT2D eigenvalue weighted by atomic mass is 32.2. The Bertz CT molecular complexity index is 499. The Morgan fingerprint density at radius 1 is 1.50 bits per heavy atom. The van der Waals surface area contributed by atoms with Gasteiger partial charge in [0.05, 0.1) is 4.90 Å². The first-order valence-electron chi connectivity index (χ1n) is 6.69. The lowest BCUT2D eigenvalue weighted by atomic mass is 10.4. The fourth-order valence-electron chi connectivity index (χ4n) is 1.80. The average molecular weight is 337 g/mol. The van der Waals surface area contributed by atoms with Crippen LogP contribution < -0.4 is 5.32 Å². The Hall–Kier alpha value is -0.0800. The van der Waals surface area contributed by atoms with E-state index in [2.05, 4.69) is 12.2 Å². The molecule has 0 amide bonds. The van der Waals surface area contributed by atoms with Crippen LogP contribution in [0.1, 0.15) is 25.1 Å². The largest absolute Gasteiger partial charge is 0.312 e. The Labute approximate surface area is 131 Å². The van der Waals surface area contributed by atoms with Crippen LogP contribution in [0.4, 0.5) is 0 Å². The van der Waals surface area contributed by atoms with E-state index in [1.165, 1.54) is 15.6 Å². The summed E-state index contributed by atoms with van der Waals surface area (Å²) < 4.78 is 26.8. The SMILES string of the molecule is CCCNCc1sccc1S(=O)(=O)N(C)C(C)CSC. The highest BCUT2D eigenvalue weighted by molar-refractivity contribution is 7.98. The zero-order valence-electron chi connectivity index (χ0n) is 12.5. The second-order valence-corrected chi connectivity index (χ2v) is 8.59. The first-order valence-corrected chi connectivity index (χ1v) is 10.4. The van der Waals surface area contributed by atoms with E-state index in [0.29, 0.717) is 11.4 Å². The second kappa shape index (κ2) is 8.38. The number of thioether (sulfide) groups is 1. The van der Waals surface area contributed by atoms with Crippen molar-refractivity contribution < 1.29 is 8.42 Å². The predicted molar refractivity (Wildman–Crippen MR) is 89.1 cm³/mol. The molecule has 0 radical (unpaired) electrons. The number of nitrogens with one attached hydrogen (secondary N) is 1. The normalized spacial score (nSPS) is 13.8. The van der Waals surface area contributed by atoms with Gasteiger partial charge in [-0.05, 0) is 37.6 Å². The summed E-state index contributed by atoms with van der Waals surface area (Å²) in [6.07, 6.45) is 3.03. The minimum absolute atomic E-state index is 0.00801. The monoisotopic (exact) mass is 336 g/mol. The van der Waals surface area contributed by atoms with Gasteiger partial charge in [-0.2, -0.15) is 16.1 Å². The van der Waals surface area contributed by atoms with Crippen LogP contribution in [0.15, 0.2) is 16.3 Å². The predicted octanol–water partition coefficient (Wildman–Crippen LogP) is 2.62. The fourth-order valence-corrected chi connectivity index (χ4v) is 5.35. The van der Waals surface area contributed by atoms with Crippen LogP contribution in [0.3, 0.4) is 0 Å². The Morgan fingerprint density at radius 3 is 2.80 bits per heavy atom. The molecule has 0 saturated heterocycles. The molecule has 1 aromatic heterocycles. The summed E-state index contributed by atoms with van der Waals surface area (Å²) in [5.74, 6) is 0.795. The average Bonchev–Trinajstić information content (AvgIpc) is 2.87. The van der Waals surface area contributed by atoms with Crippen LogP contribution in [0.2, 0.25) is 0 Å². The van der Waals surface area contributed by atoms with Gasteiger partial charge < -0.3 is 5.32 Å². The van der Waals surface area contributed by atoms with E-state index in [0.717, 1.165) is 23.6 Å². The summed E-state index contributed by atoms with van der Waals surface area (Å²) >= 11 is 3.15. The van der Waals surface area contributed by atoms with Crippen LogP contribution in [-0.2, 0) is 16.6 Å². The quantitative estimate of drug-likeness (QED) is 0.704. The van der Waals surface area contributed by atoms with Crippen molar-refractivity contribution in [3.8, 4) is 0 Å². The van der Waals surface area contributed by atoms with Crippen LogP contribution in [0.5, 0.6) is 0 Å². The van der Waals surface area contributed by atoms with Crippen molar-refractivity contribution in [1.82, 2.24) is 9.62 Å². The molecule has 1 unspecified atom stereocenters. The minimum Gasteiger partial charge on any atom is -0.312 e. The van der Waals surface area contributed by atoms with Crippen LogP contribution in [0, 0.1) is 0 Å². The van der Waals surface area contributed by atoms with Crippen molar-refractivity contribution in [2.45, 2.75) is 37.8 Å². The van der Waals surface area contributed by atoms with Crippen molar-refractivity contribution in [3.05, 3.63) is 16.3 Å². The molecule has 0 saturated carbocycles. The van der Waals surface area contributed by atoms with E-state index < -0.39 is 10.0 Å². The molecule has 0 aliphatic rings. The molecule has 1 N–H and O–H groups in total. The summed E-state index contributed by atoms with van der Waals surface area (Å²) in [4.78, 5) is 1.34. The highest BCUT2D eigenvalue weighted by Gasteiger charge is 2.27. The van der Waals surface area contributed by atoms with Gasteiger partial charge in [0.2, 0.25) is 10.0 Å². The summed E-state index contributed by atoms with van der Waals surface area (Å²) in [5, 5.41) is 5.12. The number of nitrogens with zero attached hydrogens (tertiary/aromatic N) is 1. The molecule has 0 aliphatic carbocycles. The highest BCUT2D eigenvalue weighted by Crippen LogP contribution is 2.26. The summed E-state index contributed by atoms with van der Waals surface area (Å²) in [6.45, 7) is 5.55. The van der Waals surface area contributed by atoms with Gasteiger partial charge in [0.15, 0.2) is 0 Å². The lowest BCUT2D eigenvalue weighted by Gasteiger charge is -2.23. The van der Waals surface area contributed by atoms with Gasteiger partial charge in [-0.3, -0.25) is 0 Å². The van der Waals surface area contributed by atoms with E-state index in [1.807, 2.05) is 18.6 Å². The van der Waals surface area contributed by atoms with Crippen molar-refractivity contribution in [1.29, 1.82) is 0 Å². The van der Waals surface area contributed by atoms with Gasteiger partial charge in [-0.25, -0.2) is 8.42 Å². The van der Waals surface area contributed by atoms with E-state index in [9.17, 15) is 8.42 Å². The van der Waals surface area contributed by atoms with Crippen molar-refractivity contribution in [2.24, 2.45) is 0 Å². The number of thiophene rings is 1. The molecule has 0 aliphatic heterocycles. The summed E-state index contributed by atoms with van der Waals surface area (Å²) in [5.41, 5.74) is 0. The lowest BCUT2D eigenvalue weighted by Crippen LogP contribution is -2.37. The van der Waals surface area contributed by atoms with Crippen molar-refractivity contribution in [3.63, 3.8) is 0 Å². The summed E-state index contributed by atoms with van der Waals surface area (Å²) in [6, 6.07) is 1.71. The Balaban J connectivity index is 2.89. The topological polar surface area (TPSA) is 49.4 Å². The fraction of sp³-hybridized carbons (Fsp3) is 0.692. The smallest absolute Gasteiger partial charge is 0.244 e. The van der Waals surface area contributed by atoms with Gasteiger partial charge in [-0.1, -0.05) is 6.92 Å². The third-order valence-corrected chi connectivity index (χ3v) is 7.02. The molecule has 1 rings (SSSR count). The minimum atomic E-state index is -3.39. The first kappa shape index (κ1) is 18.0. The van der Waals surface area contributed by atoms with Crippen molar-refractivity contribution in [2.75, 3.05) is 25.6 Å². The lowest BCUT2D eigenvalue weighted by molar-refractivity contribution is 0.414. The molecule has 20 heavy (non-hydrogen) atoms. The molecular weight excluding hydrogens is 312 g/mol. The maximum absolute atomic E-state index is 12.7. The van der Waals surface area contributed by atoms with E-state index in [-0.39, 0.29) is 6.04 Å². The molecule has 4 nitrogen and oxygen atoms in total.